The predicted octanol–water partition coefficient (Wildman–Crippen LogP) is 3.63. The Morgan fingerprint density at radius 3 is 2.10 bits per heavy atom. The highest BCUT2D eigenvalue weighted by Gasteiger charge is 2.04. The van der Waals surface area contributed by atoms with Crippen LogP contribution in [0.2, 0.25) is 0 Å². The van der Waals surface area contributed by atoms with Gasteiger partial charge in [0, 0.05) is 0 Å². The first-order valence-corrected chi connectivity index (χ1v) is 4.39. The number of hydrogen-bond acceptors (Lipinski definition) is 0. The van der Waals surface area contributed by atoms with E-state index < -0.39 is 0 Å². The van der Waals surface area contributed by atoms with Crippen LogP contribution in [0.15, 0.2) is 12.2 Å². The molecule has 1 atom stereocenters. The van der Waals surface area contributed by atoms with E-state index in [0.29, 0.717) is 0 Å². The van der Waals surface area contributed by atoms with Crippen molar-refractivity contribution < 1.29 is 0 Å². The van der Waals surface area contributed by atoms with Crippen LogP contribution in [0.5, 0.6) is 0 Å². The summed E-state index contributed by atoms with van der Waals surface area (Å²) >= 11 is 0. The quantitative estimate of drug-likeness (QED) is 0.523. The lowest BCUT2D eigenvalue weighted by Gasteiger charge is -2.13. The smallest absolute Gasteiger partial charge is 0.0213 e. The third kappa shape index (κ3) is 3.71. The standard InChI is InChI=1S/C10H20/c1-5-7-8-10(6-2)9(3)4/h7-10H,5-6H2,1-4H3/b8-7+/t10-/m1/s1. The van der Waals surface area contributed by atoms with Crippen molar-refractivity contribution in [3.8, 4) is 0 Å². The van der Waals surface area contributed by atoms with E-state index >= 15 is 0 Å². The summed E-state index contributed by atoms with van der Waals surface area (Å²) in [6, 6.07) is 0. The van der Waals surface area contributed by atoms with Crippen molar-refractivity contribution in [2.24, 2.45) is 11.8 Å². The number of allylic oxidation sites excluding steroid dienone is 2. The van der Waals surface area contributed by atoms with E-state index in [1.165, 1.54) is 12.8 Å². The number of rotatable bonds is 4. The molecule has 10 heavy (non-hydrogen) atoms. The Morgan fingerprint density at radius 1 is 1.20 bits per heavy atom. The molecule has 0 saturated carbocycles. The van der Waals surface area contributed by atoms with Crippen LogP contribution >= 0.6 is 0 Å². The minimum atomic E-state index is 0.792. The van der Waals surface area contributed by atoms with Gasteiger partial charge >= 0.3 is 0 Å². The van der Waals surface area contributed by atoms with Crippen molar-refractivity contribution in [3.05, 3.63) is 12.2 Å². The summed E-state index contributed by atoms with van der Waals surface area (Å²) in [4.78, 5) is 0. The van der Waals surface area contributed by atoms with Crippen LogP contribution in [0.25, 0.3) is 0 Å². The molecule has 0 spiro atoms. The molecule has 0 N–H and O–H groups in total. The highest BCUT2D eigenvalue weighted by Crippen LogP contribution is 2.15. The zero-order valence-electron chi connectivity index (χ0n) is 7.72. The van der Waals surface area contributed by atoms with Gasteiger partial charge in [-0.25, -0.2) is 0 Å². The molecule has 0 rings (SSSR count). The van der Waals surface area contributed by atoms with E-state index in [1.807, 2.05) is 0 Å². The second-order valence-electron chi connectivity index (χ2n) is 3.15. The van der Waals surface area contributed by atoms with Crippen molar-refractivity contribution in [3.63, 3.8) is 0 Å². The zero-order valence-corrected chi connectivity index (χ0v) is 7.72. The SMILES string of the molecule is CC/C=C/[C@@H](CC)C(C)C. The molecule has 0 nitrogen and oxygen atoms in total. The van der Waals surface area contributed by atoms with Gasteiger partial charge in [0.1, 0.15) is 0 Å². The first kappa shape index (κ1) is 9.74. The van der Waals surface area contributed by atoms with Crippen LogP contribution < -0.4 is 0 Å². The Hall–Kier alpha value is -0.260. The molecule has 0 aliphatic rings. The Balaban J connectivity index is 3.71. The van der Waals surface area contributed by atoms with Gasteiger partial charge in [0.2, 0.25) is 0 Å². The Morgan fingerprint density at radius 2 is 1.80 bits per heavy atom. The second kappa shape index (κ2) is 5.52. The second-order valence-corrected chi connectivity index (χ2v) is 3.15. The van der Waals surface area contributed by atoms with Gasteiger partial charge in [-0.2, -0.15) is 0 Å². The fourth-order valence-corrected chi connectivity index (χ4v) is 1.14. The first-order chi connectivity index (χ1) is 4.72. The average Bonchev–Trinajstić information content (AvgIpc) is 1.89. The molecule has 0 aliphatic carbocycles. The van der Waals surface area contributed by atoms with Crippen molar-refractivity contribution in [1.82, 2.24) is 0 Å². The molecule has 0 aliphatic heterocycles. The third-order valence-corrected chi connectivity index (χ3v) is 1.95. The van der Waals surface area contributed by atoms with Gasteiger partial charge in [0.05, 0.1) is 0 Å². The Bertz CT molecular complexity index is 90.2. The minimum absolute atomic E-state index is 0.792. The molecular weight excluding hydrogens is 120 g/mol. The lowest BCUT2D eigenvalue weighted by atomic mass is 9.93. The molecular formula is C10H20. The van der Waals surface area contributed by atoms with Crippen molar-refractivity contribution in [2.45, 2.75) is 40.5 Å². The Labute approximate surface area is 65.3 Å². The maximum Gasteiger partial charge on any atom is -0.0213 e. The molecule has 0 bridgehead atoms. The van der Waals surface area contributed by atoms with Crippen LogP contribution in [0.3, 0.4) is 0 Å². The van der Waals surface area contributed by atoms with Crippen LogP contribution in [0.4, 0.5) is 0 Å². The normalized spacial score (nSPS) is 14.9. The topological polar surface area (TPSA) is 0 Å². The van der Waals surface area contributed by atoms with Gasteiger partial charge in [0.15, 0.2) is 0 Å². The van der Waals surface area contributed by atoms with E-state index in [4.69, 9.17) is 0 Å². The molecule has 0 unspecified atom stereocenters. The molecule has 0 aromatic heterocycles. The van der Waals surface area contributed by atoms with Crippen LogP contribution in [-0.2, 0) is 0 Å². The molecule has 0 heteroatoms. The van der Waals surface area contributed by atoms with Crippen LogP contribution in [-0.4, -0.2) is 0 Å². The average molecular weight is 140 g/mol. The molecule has 0 aromatic carbocycles. The van der Waals surface area contributed by atoms with Crippen molar-refractivity contribution in [2.75, 3.05) is 0 Å². The molecule has 0 heterocycles. The summed E-state index contributed by atoms with van der Waals surface area (Å²) in [5.74, 6) is 1.59. The summed E-state index contributed by atoms with van der Waals surface area (Å²) in [6.07, 6.45) is 7.07. The van der Waals surface area contributed by atoms with Gasteiger partial charge in [-0.05, 0) is 24.7 Å². The Kier molecular flexibility index (Phi) is 5.38. The van der Waals surface area contributed by atoms with Gasteiger partial charge in [-0.15, -0.1) is 0 Å². The largest absolute Gasteiger partial charge is 0.0885 e. The highest BCUT2D eigenvalue weighted by molar-refractivity contribution is 4.88. The summed E-state index contributed by atoms with van der Waals surface area (Å²) < 4.78 is 0. The highest BCUT2D eigenvalue weighted by atomic mass is 14.1. The van der Waals surface area contributed by atoms with Crippen molar-refractivity contribution in [1.29, 1.82) is 0 Å². The summed E-state index contributed by atoms with van der Waals surface area (Å²) in [6.45, 7) is 9.01. The van der Waals surface area contributed by atoms with Crippen LogP contribution in [0, 0.1) is 11.8 Å². The van der Waals surface area contributed by atoms with E-state index in [9.17, 15) is 0 Å². The van der Waals surface area contributed by atoms with Gasteiger partial charge < -0.3 is 0 Å². The van der Waals surface area contributed by atoms with E-state index in [1.54, 1.807) is 0 Å². The molecule has 60 valence electrons. The molecule has 0 aromatic rings. The number of hydrogen-bond donors (Lipinski definition) is 0. The van der Waals surface area contributed by atoms with E-state index in [0.717, 1.165) is 11.8 Å². The van der Waals surface area contributed by atoms with Gasteiger partial charge in [-0.3, -0.25) is 0 Å². The zero-order chi connectivity index (χ0) is 7.98. The fraction of sp³-hybridized carbons (Fsp3) is 0.800. The maximum atomic E-state index is 2.35. The summed E-state index contributed by atoms with van der Waals surface area (Å²) in [5.41, 5.74) is 0. The van der Waals surface area contributed by atoms with Gasteiger partial charge in [-0.1, -0.05) is 39.8 Å². The molecule has 0 amide bonds. The third-order valence-electron chi connectivity index (χ3n) is 1.95. The lowest BCUT2D eigenvalue weighted by Crippen LogP contribution is -2.02. The summed E-state index contributed by atoms with van der Waals surface area (Å²) in [7, 11) is 0. The first-order valence-electron chi connectivity index (χ1n) is 4.39. The van der Waals surface area contributed by atoms with E-state index in [-0.39, 0.29) is 0 Å². The minimum Gasteiger partial charge on any atom is -0.0885 e. The summed E-state index contributed by atoms with van der Waals surface area (Å²) in [5, 5.41) is 0. The van der Waals surface area contributed by atoms with E-state index in [2.05, 4.69) is 39.8 Å². The van der Waals surface area contributed by atoms with Crippen molar-refractivity contribution >= 4 is 0 Å². The lowest BCUT2D eigenvalue weighted by molar-refractivity contribution is 0.452. The predicted molar refractivity (Wildman–Crippen MR) is 48.1 cm³/mol. The molecule has 0 fully saturated rings. The molecule has 0 saturated heterocycles. The fourth-order valence-electron chi connectivity index (χ4n) is 1.14. The van der Waals surface area contributed by atoms with Gasteiger partial charge in [0.25, 0.3) is 0 Å². The molecule has 0 radical (unpaired) electrons. The monoisotopic (exact) mass is 140 g/mol. The van der Waals surface area contributed by atoms with Crippen LogP contribution in [0.1, 0.15) is 40.5 Å². The maximum absolute atomic E-state index is 2.35.